The Balaban J connectivity index is 0. The molecule has 4 atom stereocenters. The van der Waals surface area contributed by atoms with Crippen molar-refractivity contribution >= 4 is 0 Å². The normalized spacial score (nSPS) is 23.4. The van der Waals surface area contributed by atoms with E-state index in [-0.39, 0.29) is 0 Å². The lowest BCUT2D eigenvalue weighted by molar-refractivity contribution is 0.117. The number of hydrogen-bond donors (Lipinski definition) is 2. The molecule has 6 heterocycles. The van der Waals surface area contributed by atoms with Gasteiger partial charge in [0.05, 0.1) is 0 Å². The Bertz CT molecular complexity index is 1700. The summed E-state index contributed by atoms with van der Waals surface area (Å²) in [6, 6.07) is 8.15. The smallest absolute Gasteiger partial charge is 0.0101 e. The van der Waals surface area contributed by atoms with Crippen LogP contribution in [0.1, 0.15) is 365 Å². The average Bonchev–Trinajstić information content (AvgIpc) is 1.87. The summed E-state index contributed by atoms with van der Waals surface area (Å²) in [6.07, 6.45) is 25.2. The van der Waals surface area contributed by atoms with Gasteiger partial charge in [0.15, 0.2) is 0 Å². The molecule has 9 heteroatoms. The summed E-state index contributed by atoms with van der Waals surface area (Å²) < 4.78 is 0. The van der Waals surface area contributed by atoms with Crippen LogP contribution in [-0.4, -0.2) is 193 Å². The SMILES string of the molecule is CC(C)C1CCCN(C(C)C)C1.CC(C)C1CCN(C(C)C)C1.CC(C)C1CCN(C(C)C)CC1.CC(C)C1CCN(C(C)C)CC1.CC(C)CC1CCCN1C(C)C.CC(C)CCN(C)C(C)C.CC(C)CCNC(C)C.CC(C)NC1CCC(C(C)C)CC1.CC(C)[C@@H]1CCCN(C(C)C)C1. The van der Waals surface area contributed by atoms with Crippen molar-refractivity contribution in [3.05, 3.63) is 0 Å². The maximum Gasteiger partial charge on any atom is 0.0101 e. The van der Waals surface area contributed by atoms with Gasteiger partial charge in [-0.25, -0.2) is 0 Å². The van der Waals surface area contributed by atoms with Crippen molar-refractivity contribution in [1.29, 1.82) is 0 Å². The second-order valence-corrected chi connectivity index (χ2v) is 40.3. The number of nitrogens with one attached hydrogen (secondary N) is 2. The Kier molecular flexibility index (Phi) is 60.4. The fraction of sp³-hybridized carbons (Fsp3) is 1.00. The van der Waals surface area contributed by atoms with Gasteiger partial charge in [-0.1, -0.05) is 152 Å². The van der Waals surface area contributed by atoms with E-state index >= 15 is 0 Å². The van der Waals surface area contributed by atoms with E-state index in [1.807, 2.05) is 0 Å². The highest BCUT2D eigenvalue weighted by molar-refractivity contribution is 4.85. The summed E-state index contributed by atoms with van der Waals surface area (Å²) in [5.74, 6) is 13.6. The van der Waals surface area contributed by atoms with Crippen molar-refractivity contribution in [3.8, 4) is 0 Å². The first kappa shape index (κ1) is 105. The Labute approximate surface area is 653 Å². The van der Waals surface area contributed by atoms with Crippen LogP contribution in [0.5, 0.6) is 0 Å². The highest BCUT2D eigenvalue weighted by Crippen LogP contribution is 2.32. The molecule has 0 spiro atoms. The summed E-state index contributed by atoms with van der Waals surface area (Å²) in [5.41, 5.74) is 0. The summed E-state index contributed by atoms with van der Waals surface area (Å²) >= 11 is 0. The maximum absolute atomic E-state index is 3.64. The van der Waals surface area contributed by atoms with Crippen LogP contribution in [0.4, 0.5) is 0 Å². The van der Waals surface area contributed by atoms with E-state index in [0.717, 1.165) is 144 Å². The molecule has 0 aromatic carbocycles. The van der Waals surface area contributed by atoms with Crippen LogP contribution in [0.3, 0.4) is 0 Å². The Morgan fingerprint density at radius 1 is 0.301 bits per heavy atom. The van der Waals surface area contributed by atoms with Crippen LogP contribution in [-0.2, 0) is 0 Å². The zero-order valence-corrected chi connectivity index (χ0v) is 78.1. The topological polar surface area (TPSA) is 46.7 Å². The fourth-order valence-corrected chi connectivity index (χ4v) is 16.3. The van der Waals surface area contributed by atoms with E-state index in [4.69, 9.17) is 0 Å². The lowest BCUT2D eigenvalue weighted by atomic mass is 9.79. The first-order valence-electron chi connectivity index (χ1n) is 45.6. The second-order valence-electron chi connectivity index (χ2n) is 40.3. The molecule has 7 rings (SSSR count). The maximum atomic E-state index is 3.64. The molecule has 9 nitrogen and oxygen atoms in total. The lowest BCUT2D eigenvalue weighted by Crippen LogP contribution is -2.41. The van der Waals surface area contributed by atoms with Gasteiger partial charge in [-0.2, -0.15) is 0 Å². The largest absolute Gasteiger partial charge is 0.315 e. The highest BCUT2D eigenvalue weighted by atomic mass is 15.2. The number of rotatable bonds is 24. The molecule has 0 aromatic rings. The molecule has 1 saturated carbocycles. The zero-order valence-electron chi connectivity index (χ0n) is 78.1. The lowest BCUT2D eigenvalue weighted by Gasteiger charge is -2.37. The van der Waals surface area contributed by atoms with Crippen LogP contribution in [0.25, 0.3) is 0 Å². The molecule has 2 N–H and O–H groups in total. The summed E-state index contributed by atoms with van der Waals surface area (Å²) in [5, 5.41) is 7.02. The van der Waals surface area contributed by atoms with E-state index < -0.39 is 0 Å². The fourth-order valence-electron chi connectivity index (χ4n) is 16.3. The molecule has 0 radical (unpaired) electrons. The number of piperidine rings is 4. The molecule has 1 aliphatic carbocycles. The molecule has 0 aromatic heterocycles. The summed E-state index contributed by atoms with van der Waals surface area (Å²) in [4.78, 5) is 18.1. The molecular formula is C94H201N9. The van der Waals surface area contributed by atoms with E-state index in [2.05, 4.69) is 301 Å². The minimum atomic E-state index is 0.642. The van der Waals surface area contributed by atoms with Gasteiger partial charge in [0, 0.05) is 86.1 Å². The molecule has 3 unspecified atom stereocenters. The van der Waals surface area contributed by atoms with Gasteiger partial charge in [0.1, 0.15) is 0 Å². The molecule has 622 valence electrons. The van der Waals surface area contributed by atoms with Crippen LogP contribution in [0.2, 0.25) is 0 Å². The number of likely N-dealkylation sites (tertiary alicyclic amines) is 6. The van der Waals surface area contributed by atoms with Gasteiger partial charge < -0.3 is 40.0 Å². The summed E-state index contributed by atoms with van der Waals surface area (Å²) in [7, 11) is 2.19. The van der Waals surface area contributed by atoms with Gasteiger partial charge in [0.25, 0.3) is 0 Å². The van der Waals surface area contributed by atoms with Crippen LogP contribution >= 0.6 is 0 Å². The number of nitrogens with zero attached hydrogens (tertiary/aromatic N) is 7. The van der Waals surface area contributed by atoms with Gasteiger partial charge >= 0.3 is 0 Å². The standard InChI is InChI=1S/C12H25N.5C11H23N.C10H21N.C9H21N.C8H19N/c1-9(2)11-5-7-12(8-6-11)13-10(3)4;2*1-9(2)11-5-7-12(8-6-11)10(3)4;2*1-9(2)11-6-5-7-12(8-11)10(3)4;1-9(2)8-11-6-5-7-12(11)10(3)4;1-8(2)10-5-6-11(7-10)9(3)4;1-8(2)6-7-10(5)9(3)4;1-7(2)5-6-9-8(3)4/h9-13H,5-8H2,1-4H3;5*9-11H,5-8H2,1-4H3;8-10H,5-7H2,1-4H3;8-9H,6-7H2,1-5H3;7-9H,5-6H2,1-4H3/t;;;11-;;;;;/m...1...../s1. The van der Waals surface area contributed by atoms with Gasteiger partial charge in [-0.3, -0.25) is 4.90 Å². The van der Waals surface area contributed by atoms with Gasteiger partial charge in [-0.15, -0.1) is 0 Å². The molecule has 6 saturated heterocycles. The predicted octanol–water partition coefficient (Wildman–Crippen LogP) is 23.9. The third-order valence-electron chi connectivity index (χ3n) is 25.1. The minimum Gasteiger partial charge on any atom is -0.315 e. The zero-order chi connectivity index (χ0) is 79.4. The molecule has 7 aliphatic rings. The van der Waals surface area contributed by atoms with Crippen molar-refractivity contribution in [2.75, 3.05) is 92.1 Å². The van der Waals surface area contributed by atoms with Crippen LogP contribution in [0, 0.1) is 88.8 Å². The monoisotopic (exact) mass is 1460 g/mol. The minimum absolute atomic E-state index is 0.642. The van der Waals surface area contributed by atoms with E-state index in [9.17, 15) is 0 Å². The van der Waals surface area contributed by atoms with Crippen molar-refractivity contribution < 1.29 is 0 Å². The van der Waals surface area contributed by atoms with Crippen molar-refractivity contribution in [1.82, 2.24) is 44.9 Å². The molecule has 7 fully saturated rings. The second kappa shape index (κ2) is 59.4. The third-order valence-corrected chi connectivity index (χ3v) is 25.1. The van der Waals surface area contributed by atoms with Crippen molar-refractivity contribution in [2.45, 2.75) is 431 Å². The molecule has 103 heavy (non-hydrogen) atoms. The van der Waals surface area contributed by atoms with Crippen molar-refractivity contribution in [2.24, 2.45) is 88.8 Å². The summed E-state index contributed by atoms with van der Waals surface area (Å²) in [6.45, 7) is 99.9. The number of hydrogen-bond acceptors (Lipinski definition) is 9. The highest BCUT2D eigenvalue weighted by Gasteiger charge is 2.30. The van der Waals surface area contributed by atoms with E-state index in [1.165, 1.54) is 194 Å². The molecule has 6 aliphatic heterocycles. The Hall–Kier alpha value is -0.360. The van der Waals surface area contributed by atoms with Gasteiger partial charge in [0.2, 0.25) is 0 Å². The first-order valence-corrected chi connectivity index (χ1v) is 45.6. The predicted molar refractivity (Wildman–Crippen MR) is 470 cm³/mol. The van der Waals surface area contributed by atoms with E-state index in [1.54, 1.807) is 0 Å². The van der Waals surface area contributed by atoms with Crippen LogP contribution in [0.15, 0.2) is 0 Å². The Morgan fingerprint density at radius 2 is 0.621 bits per heavy atom. The van der Waals surface area contributed by atoms with E-state index in [0.29, 0.717) is 18.1 Å². The van der Waals surface area contributed by atoms with Crippen molar-refractivity contribution in [3.63, 3.8) is 0 Å². The average molecular weight is 1460 g/mol. The molecule has 0 bridgehead atoms. The quantitative estimate of drug-likeness (QED) is 0.0984. The Morgan fingerprint density at radius 3 is 0.903 bits per heavy atom. The molecule has 0 amide bonds. The van der Waals surface area contributed by atoms with Crippen LogP contribution < -0.4 is 10.6 Å². The molecular weight excluding hydrogens is 1260 g/mol. The van der Waals surface area contributed by atoms with Gasteiger partial charge in [-0.05, 0) is 374 Å². The third kappa shape index (κ3) is 51.8. The first-order chi connectivity index (χ1) is 47.9.